The summed E-state index contributed by atoms with van der Waals surface area (Å²) in [4.78, 5) is 2.29. The van der Waals surface area contributed by atoms with Gasteiger partial charge in [0.25, 0.3) is 0 Å². The summed E-state index contributed by atoms with van der Waals surface area (Å²) in [5.74, 6) is 0. The SMILES string of the molecule is COC1CCC2CC(O1)N2C. The van der Waals surface area contributed by atoms with Gasteiger partial charge in [-0.3, -0.25) is 4.90 Å². The number of rotatable bonds is 1. The maximum Gasteiger partial charge on any atom is 0.159 e. The molecule has 0 aromatic carbocycles. The van der Waals surface area contributed by atoms with Crippen molar-refractivity contribution in [1.29, 1.82) is 0 Å². The van der Waals surface area contributed by atoms with Crippen LogP contribution in [-0.2, 0) is 9.47 Å². The average molecular weight is 157 g/mol. The molecule has 3 atom stereocenters. The molecule has 0 amide bonds. The van der Waals surface area contributed by atoms with E-state index in [2.05, 4.69) is 11.9 Å². The Balaban J connectivity index is 1.96. The molecule has 2 bridgehead atoms. The van der Waals surface area contributed by atoms with E-state index in [1.54, 1.807) is 7.11 Å². The fraction of sp³-hybridized carbons (Fsp3) is 1.00. The second kappa shape index (κ2) is 2.73. The first-order valence-corrected chi connectivity index (χ1v) is 4.21. The fourth-order valence-electron chi connectivity index (χ4n) is 1.88. The van der Waals surface area contributed by atoms with Crippen LogP contribution in [0.5, 0.6) is 0 Å². The quantitative estimate of drug-likeness (QED) is 0.562. The predicted octanol–water partition coefficient (Wildman–Crippen LogP) is 0.800. The summed E-state index contributed by atoms with van der Waals surface area (Å²) in [6.07, 6.45) is 3.81. The Labute approximate surface area is 67.3 Å². The second-order valence-corrected chi connectivity index (χ2v) is 3.39. The zero-order valence-corrected chi connectivity index (χ0v) is 7.12. The molecule has 3 nitrogen and oxygen atoms in total. The molecule has 0 aliphatic carbocycles. The minimum Gasteiger partial charge on any atom is -0.356 e. The first kappa shape index (κ1) is 7.53. The maximum atomic E-state index is 5.64. The van der Waals surface area contributed by atoms with Crippen LogP contribution >= 0.6 is 0 Å². The minimum absolute atomic E-state index is 0.0370. The molecule has 3 saturated heterocycles. The Morgan fingerprint density at radius 2 is 2.27 bits per heavy atom. The zero-order valence-electron chi connectivity index (χ0n) is 7.12. The lowest BCUT2D eigenvalue weighted by Crippen LogP contribution is -2.53. The van der Waals surface area contributed by atoms with Gasteiger partial charge in [0.15, 0.2) is 6.29 Å². The van der Waals surface area contributed by atoms with E-state index >= 15 is 0 Å². The number of fused-ring (bicyclic) bond motifs is 3. The summed E-state index contributed by atoms with van der Waals surface area (Å²) in [6, 6.07) is 0.750. The molecule has 3 heterocycles. The summed E-state index contributed by atoms with van der Waals surface area (Å²) in [5, 5.41) is 0. The normalized spacial score (nSPS) is 44.7. The highest BCUT2D eigenvalue weighted by molar-refractivity contribution is 4.87. The van der Waals surface area contributed by atoms with Crippen molar-refractivity contribution in [1.82, 2.24) is 4.90 Å². The van der Waals surface area contributed by atoms with Crippen LogP contribution in [0.2, 0.25) is 0 Å². The number of methoxy groups -OCH3 is 1. The predicted molar refractivity (Wildman–Crippen MR) is 41.1 cm³/mol. The molecule has 3 rings (SSSR count). The molecule has 3 aliphatic rings. The highest BCUT2D eigenvalue weighted by Gasteiger charge is 2.40. The minimum atomic E-state index is 0.0370. The Kier molecular flexibility index (Phi) is 1.87. The fourth-order valence-corrected chi connectivity index (χ4v) is 1.88. The van der Waals surface area contributed by atoms with Gasteiger partial charge in [0.05, 0.1) is 0 Å². The van der Waals surface area contributed by atoms with E-state index in [9.17, 15) is 0 Å². The molecule has 3 fully saturated rings. The van der Waals surface area contributed by atoms with Gasteiger partial charge in [-0.05, 0) is 19.9 Å². The summed E-state index contributed by atoms with van der Waals surface area (Å²) in [5.41, 5.74) is 0. The molecule has 0 N–H and O–H groups in total. The van der Waals surface area contributed by atoms with E-state index in [1.165, 1.54) is 12.8 Å². The molecule has 3 heteroatoms. The number of hydrogen-bond donors (Lipinski definition) is 0. The monoisotopic (exact) mass is 157 g/mol. The Bertz CT molecular complexity index is 151. The summed E-state index contributed by atoms with van der Waals surface area (Å²) >= 11 is 0. The van der Waals surface area contributed by atoms with E-state index in [0.29, 0.717) is 6.23 Å². The van der Waals surface area contributed by atoms with E-state index in [1.807, 2.05) is 0 Å². The van der Waals surface area contributed by atoms with Crippen LogP contribution in [0.1, 0.15) is 19.3 Å². The molecule has 0 radical (unpaired) electrons. The van der Waals surface area contributed by atoms with Crippen LogP contribution in [0, 0.1) is 0 Å². The summed E-state index contributed by atoms with van der Waals surface area (Å²) < 4.78 is 10.8. The molecule has 11 heavy (non-hydrogen) atoms. The van der Waals surface area contributed by atoms with Crippen molar-refractivity contribution in [3.63, 3.8) is 0 Å². The molecule has 0 saturated carbocycles. The van der Waals surface area contributed by atoms with Crippen LogP contribution in [0.25, 0.3) is 0 Å². The van der Waals surface area contributed by atoms with Crippen molar-refractivity contribution in [2.45, 2.75) is 37.8 Å². The van der Waals surface area contributed by atoms with Crippen LogP contribution in [-0.4, -0.2) is 37.6 Å². The third kappa shape index (κ3) is 1.17. The summed E-state index contributed by atoms with van der Waals surface area (Å²) in [6.45, 7) is 0. The van der Waals surface area contributed by atoms with Crippen LogP contribution in [0.4, 0.5) is 0 Å². The lowest BCUT2D eigenvalue weighted by molar-refractivity contribution is -0.214. The van der Waals surface area contributed by atoms with Crippen LogP contribution in [0.15, 0.2) is 0 Å². The molecular formula is C8H15NO2. The van der Waals surface area contributed by atoms with Crippen molar-refractivity contribution in [2.24, 2.45) is 0 Å². The zero-order chi connectivity index (χ0) is 7.84. The van der Waals surface area contributed by atoms with Gasteiger partial charge in [-0.2, -0.15) is 0 Å². The first-order valence-electron chi connectivity index (χ1n) is 4.21. The highest BCUT2D eigenvalue weighted by Crippen LogP contribution is 2.33. The van der Waals surface area contributed by atoms with Crippen molar-refractivity contribution >= 4 is 0 Å². The Hall–Kier alpha value is -0.120. The molecule has 3 unspecified atom stereocenters. The van der Waals surface area contributed by atoms with E-state index in [-0.39, 0.29) is 6.29 Å². The maximum absolute atomic E-state index is 5.64. The third-order valence-electron chi connectivity index (χ3n) is 2.81. The molecular weight excluding hydrogens is 142 g/mol. The molecule has 3 aliphatic heterocycles. The smallest absolute Gasteiger partial charge is 0.159 e. The van der Waals surface area contributed by atoms with Gasteiger partial charge >= 0.3 is 0 Å². The molecule has 64 valence electrons. The van der Waals surface area contributed by atoms with E-state index < -0.39 is 0 Å². The summed E-state index contributed by atoms with van der Waals surface area (Å²) in [7, 11) is 3.84. The van der Waals surface area contributed by atoms with E-state index in [0.717, 1.165) is 12.5 Å². The standard InChI is InChI=1S/C8H15NO2/c1-9-6-3-4-8(10-2)11-7(9)5-6/h6-8H,3-5H2,1-2H3. The van der Waals surface area contributed by atoms with Gasteiger partial charge in [0, 0.05) is 19.6 Å². The molecule has 0 spiro atoms. The van der Waals surface area contributed by atoms with Crippen molar-refractivity contribution in [2.75, 3.05) is 14.2 Å². The van der Waals surface area contributed by atoms with Gasteiger partial charge in [-0.1, -0.05) is 0 Å². The lowest BCUT2D eigenvalue weighted by atomic mass is 9.99. The topological polar surface area (TPSA) is 21.7 Å². The Morgan fingerprint density at radius 3 is 2.91 bits per heavy atom. The largest absolute Gasteiger partial charge is 0.356 e. The van der Waals surface area contributed by atoms with Gasteiger partial charge in [-0.25, -0.2) is 0 Å². The number of nitrogens with zero attached hydrogens (tertiary/aromatic N) is 1. The second-order valence-electron chi connectivity index (χ2n) is 3.39. The number of hydrogen-bond acceptors (Lipinski definition) is 3. The van der Waals surface area contributed by atoms with Crippen LogP contribution < -0.4 is 0 Å². The van der Waals surface area contributed by atoms with Crippen molar-refractivity contribution < 1.29 is 9.47 Å². The lowest BCUT2D eigenvalue weighted by Gasteiger charge is -2.43. The van der Waals surface area contributed by atoms with Gasteiger partial charge in [-0.15, -0.1) is 0 Å². The highest BCUT2D eigenvalue weighted by atomic mass is 16.7. The average Bonchev–Trinajstić information content (AvgIpc) is 2.32. The van der Waals surface area contributed by atoms with Crippen molar-refractivity contribution in [3.05, 3.63) is 0 Å². The first-order chi connectivity index (χ1) is 5.31. The third-order valence-corrected chi connectivity index (χ3v) is 2.81. The van der Waals surface area contributed by atoms with Gasteiger partial charge in [0.1, 0.15) is 6.23 Å². The van der Waals surface area contributed by atoms with Gasteiger partial charge < -0.3 is 9.47 Å². The van der Waals surface area contributed by atoms with Crippen molar-refractivity contribution in [3.8, 4) is 0 Å². The van der Waals surface area contributed by atoms with Crippen LogP contribution in [0.3, 0.4) is 0 Å². The Morgan fingerprint density at radius 1 is 1.45 bits per heavy atom. The number of ether oxygens (including phenoxy) is 2. The van der Waals surface area contributed by atoms with Gasteiger partial charge in [0.2, 0.25) is 0 Å². The molecule has 0 aromatic rings. The van der Waals surface area contributed by atoms with E-state index in [4.69, 9.17) is 9.47 Å². The molecule has 0 aromatic heterocycles.